The lowest BCUT2D eigenvalue weighted by Gasteiger charge is -2.38. The summed E-state index contributed by atoms with van der Waals surface area (Å²) in [5.74, 6) is 0.141. The number of carbonyl (C=O) groups excluding carboxylic acids is 1. The summed E-state index contributed by atoms with van der Waals surface area (Å²) in [7, 11) is -3.62. The van der Waals surface area contributed by atoms with E-state index >= 15 is 0 Å². The molecular formula is C18H26ClN3O3S2. The highest BCUT2D eigenvalue weighted by molar-refractivity contribution is 7.91. The summed E-state index contributed by atoms with van der Waals surface area (Å²) in [6.07, 6.45) is 3.36. The summed E-state index contributed by atoms with van der Waals surface area (Å²) in [6, 6.07) is 3.63. The number of carbonyl (C=O) groups is 1. The van der Waals surface area contributed by atoms with Crippen molar-refractivity contribution in [3.05, 3.63) is 16.5 Å². The highest BCUT2D eigenvalue weighted by Gasteiger charge is 2.65. The molecule has 1 aliphatic carbocycles. The second-order valence-electron chi connectivity index (χ2n) is 8.20. The number of likely N-dealkylation sites (tertiary alicyclic amines) is 2. The molecule has 6 nitrogen and oxygen atoms in total. The molecule has 3 aliphatic rings. The molecule has 2 saturated heterocycles. The maximum atomic E-state index is 13.1. The van der Waals surface area contributed by atoms with Gasteiger partial charge in [-0.1, -0.05) is 11.6 Å². The molecule has 1 saturated carbocycles. The largest absolute Gasteiger partial charge is 0.339 e. The van der Waals surface area contributed by atoms with Crippen LogP contribution < -0.4 is 4.72 Å². The van der Waals surface area contributed by atoms with E-state index in [2.05, 4.69) is 23.5 Å². The first kappa shape index (κ1) is 19.6. The molecule has 3 heterocycles. The minimum Gasteiger partial charge on any atom is -0.339 e. The van der Waals surface area contributed by atoms with Crippen LogP contribution in [0.5, 0.6) is 0 Å². The lowest BCUT2D eigenvalue weighted by molar-refractivity contribution is -0.135. The highest BCUT2D eigenvalue weighted by atomic mass is 35.5. The van der Waals surface area contributed by atoms with Gasteiger partial charge in [-0.3, -0.25) is 4.79 Å². The van der Waals surface area contributed by atoms with Crippen LogP contribution in [0.1, 0.15) is 39.5 Å². The number of nitrogens with zero attached hydrogens (tertiary/aromatic N) is 2. The van der Waals surface area contributed by atoms with Crippen LogP contribution in [0.15, 0.2) is 16.3 Å². The zero-order chi connectivity index (χ0) is 19.4. The molecule has 0 radical (unpaired) electrons. The van der Waals surface area contributed by atoms with Crippen LogP contribution in [0.4, 0.5) is 0 Å². The van der Waals surface area contributed by atoms with E-state index in [1.54, 1.807) is 6.07 Å². The van der Waals surface area contributed by atoms with E-state index < -0.39 is 15.4 Å². The average Bonchev–Trinajstić information content (AvgIpc) is 2.94. The lowest BCUT2D eigenvalue weighted by Crippen LogP contribution is -2.48. The Hall–Kier alpha value is -0.670. The molecule has 1 N–H and O–H groups in total. The van der Waals surface area contributed by atoms with Gasteiger partial charge in [0.05, 0.1) is 9.75 Å². The fourth-order valence-electron chi connectivity index (χ4n) is 4.54. The van der Waals surface area contributed by atoms with Crippen molar-refractivity contribution in [3.63, 3.8) is 0 Å². The fraction of sp³-hybridized carbons (Fsp3) is 0.722. The van der Waals surface area contributed by atoms with Crippen LogP contribution in [-0.2, 0) is 14.8 Å². The van der Waals surface area contributed by atoms with E-state index in [9.17, 15) is 13.2 Å². The topological polar surface area (TPSA) is 69.7 Å². The average molecular weight is 432 g/mol. The van der Waals surface area contributed by atoms with Crippen molar-refractivity contribution in [3.8, 4) is 0 Å². The van der Waals surface area contributed by atoms with Crippen molar-refractivity contribution in [2.24, 2.45) is 5.41 Å². The molecule has 0 aromatic carbocycles. The molecule has 9 heteroatoms. The van der Waals surface area contributed by atoms with E-state index in [0.717, 1.165) is 50.2 Å². The van der Waals surface area contributed by atoms with Crippen LogP contribution in [-0.4, -0.2) is 61.9 Å². The van der Waals surface area contributed by atoms with E-state index in [1.165, 1.54) is 6.07 Å². The number of piperidine rings is 1. The molecule has 4 rings (SSSR count). The summed E-state index contributed by atoms with van der Waals surface area (Å²) in [5, 5.41) is 0. The van der Waals surface area contributed by atoms with Gasteiger partial charge in [0.25, 0.3) is 0 Å². The van der Waals surface area contributed by atoms with Crippen molar-refractivity contribution in [1.82, 2.24) is 14.5 Å². The van der Waals surface area contributed by atoms with Gasteiger partial charge in [0, 0.05) is 37.8 Å². The standard InChI is InChI=1S/C18H26ClN3O3S2/c1-12(2)21-8-5-13(6-9-21)22-10-7-18(17(22)23)11-14(18)20-27(24,25)16-4-3-15(19)26-16/h3-4,12-14,20H,5-11H2,1-2H3. The Kier molecular flexibility index (Phi) is 5.08. The molecule has 2 atom stereocenters. The minimum atomic E-state index is -3.62. The molecule has 27 heavy (non-hydrogen) atoms. The Bertz CT molecular complexity index is 833. The first-order valence-electron chi connectivity index (χ1n) is 9.56. The number of hydrogen-bond acceptors (Lipinski definition) is 5. The molecule has 1 aromatic heterocycles. The second kappa shape index (κ2) is 6.99. The van der Waals surface area contributed by atoms with Gasteiger partial charge in [-0.15, -0.1) is 11.3 Å². The van der Waals surface area contributed by atoms with Gasteiger partial charge in [0.15, 0.2) is 0 Å². The molecule has 150 valence electrons. The van der Waals surface area contributed by atoms with Gasteiger partial charge in [0.2, 0.25) is 15.9 Å². The second-order valence-corrected chi connectivity index (χ2v) is 11.9. The van der Waals surface area contributed by atoms with Crippen LogP contribution in [0.25, 0.3) is 0 Å². The van der Waals surface area contributed by atoms with Gasteiger partial charge in [-0.2, -0.15) is 0 Å². The SMILES string of the molecule is CC(C)N1CCC(N2CCC3(CC3NS(=O)(=O)c3ccc(Cl)s3)C2=O)CC1. The van der Waals surface area contributed by atoms with E-state index in [-0.39, 0.29) is 16.2 Å². The molecule has 3 fully saturated rings. The Morgan fingerprint density at radius 1 is 1.26 bits per heavy atom. The quantitative estimate of drug-likeness (QED) is 0.777. The molecule has 1 amide bonds. The van der Waals surface area contributed by atoms with Crippen molar-refractivity contribution in [1.29, 1.82) is 0 Å². The van der Waals surface area contributed by atoms with Crippen LogP contribution >= 0.6 is 22.9 Å². The predicted octanol–water partition coefficient (Wildman–Crippen LogP) is 2.54. The summed E-state index contributed by atoms with van der Waals surface area (Å²) in [4.78, 5) is 17.6. The summed E-state index contributed by atoms with van der Waals surface area (Å²) in [5.41, 5.74) is -0.524. The summed E-state index contributed by atoms with van der Waals surface area (Å²) < 4.78 is 28.5. The minimum absolute atomic E-state index is 0.141. The van der Waals surface area contributed by atoms with Crippen LogP contribution in [0.2, 0.25) is 4.34 Å². The molecule has 2 unspecified atom stereocenters. The van der Waals surface area contributed by atoms with Crippen LogP contribution in [0, 0.1) is 5.41 Å². The first-order chi connectivity index (χ1) is 12.7. The number of thiophene rings is 1. The first-order valence-corrected chi connectivity index (χ1v) is 12.2. The molecular weight excluding hydrogens is 406 g/mol. The van der Waals surface area contributed by atoms with Crippen molar-refractivity contribution >= 4 is 38.9 Å². The number of sulfonamides is 1. The van der Waals surface area contributed by atoms with Gasteiger partial charge >= 0.3 is 0 Å². The van der Waals surface area contributed by atoms with Gasteiger partial charge in [0.1, 0.15) is 4.21 Å². The van der Waals surface area contributed by atoms with E-state index in [1.807, 2.05) is 4.90 Å². The van der Waals surface area contributed by atoms with Crippen LogP contribution in [0.3, 0.4) is 0 Å². The smallest absolute Gasteiger partial charge is 0.250 e. The van der Waals surface area contributed by atoms with Gasteiger partial charge in [-0.25, -0.2) is 13.1 Å². The highest BCUT2D eigenvalue weighted by Crippen LogP contribution is 2.55. The molecule has 1 spiro atoms. The van der Waals surface area contributed by atoms with Crippen molar-refractivity contribution in [2.45, 2.75) is 61.9 Å². The number of hydrogen-bond donors (Lipinski definition) is 1. The van der Waals surface area contributed by atoms with E-state index in [4.69, 9.17) is 11.6 Å². The maximum absolute atomic E-state index is 13.1. The Balaban J connectivity index is 1.39. The molecule has 2 aliphatic heterocycles. The number of amides is 1. The van der Waals surface area contributed by atoms with Gasteiger partial charge in [-0.05, 0) is 51.7 Å². The third kappa shape index (κ3) is 3.55. The normalized spacial score (nSPS) is 30.0. The number of halogens is 1. The zero-order valence-electron chi connectivity index (χ0n) is 15.7. The number of rotatable bonds is 5. The van der Waals surface area contributed by atoms with Gasteiger partial charge < -0.3 is 9.80 Å². The summed E-state index contributed by atoms with van der Waals surface area (Å²) in [6.45, 7) is 7.20. The zero-order valence-corrected chi connectivity index (χ0v) is 18.0. The Morgan fingerprint density at radius 3 is 2.56 bits per heavy atom. The third-order valence-electron chi connectivity index (χ3n) is 6.34. The third-order valence-corrected chi connectivity index (χ3v) is 9.54. The van der Waals surface area contributed by atoms with Crippen molar-refractivity contribution in [2.75, 3.05) is 19.6 Å². The van der Waals surface area contributed by atoms with Crippen molar-refractivity contribution < 1.29 is 13.2 Å². The Labute approximate surface area is 169 Å². The maximum Gasteiger partial charge on any atom is 0.250 e. The Morgan fingerprint density at radius 2 is 1.96 bits per heavy atom. The molecule has 0 bridgehead atoms. The lowest BCUT2D eigenvalue weighted by atomic mass is 10.0. The molecule has 1 aromatic rings. The fourth-order valence-corrected chi connectivity index (χ4v) is 7.35. The monoisotopic (exact) mass is 431 g/mol. The summed E-state index contributed by atoms with van der Waals surface area (Å²) >= 11 is 6.90. The number of nitrogens with one attached hydrogen (secondary N) is 1. The predicted molar refractivity (Wildman–Crippen MR) is 107 cm³/mol. The van der Waals surface area contributed by atoms with E-state index in [0.29, 0.717) is 22.8 Å².